The molecule has 0 radical (unpaired) electrons. The molecule has 0 aromatic carbocycles. The van der Waals surface area contributed by atoms with Gasteiger partial charge in [0.2, 0.25) is 0 Å². The highest BCUT2D eigenvalue weighted by Gasteiger charge is 2.13. The number of aromatic nitrogens is 3. The van der Waals surface area contributed by atoms with Gasteiger partial charge < -0.3 is 5.73 Å². The SMILES string of the molecule is CSCCC(N)c1nnc2cc(C)ccn12. The Morgan fingerprint density at radius 3 is 3.06 bits per heavy atom. The van der Waals surface area contributed by atoms with Crippen LogP contribution in [0.1, 0.15) is 23.9 Å². The summed E-state index contributed by atoms with van der Waals surface area (Å²) >= 11 is 1.80. The first-order chi connectivity index (χ1) is 7.72. The van der Waals surface area contributed by atoms with E-state index in [-0.39, 0.29) is 6.04 Å². The van der Waals surface area contributed by atoms with Crippen LogP contribution < -0.4 is 5.73 Å². The standard InChI is InChI=1S/C11H16N4S/c1-8-3-5-15-10(7-8)13-14-11(15)9(12)4-6-16-2/h3,5,7,9H,4,6,12H2,1-2H3. The van der Waals surface area contributed by atoms with Crippen LogP contribution in [0.4, 0.5) is 0 Å². The number of pyridine rings is 1. The van der Waals surface area contributed by atoms with Crippen LogP contribution in [0.3, 0.4) is 0 Å². The third-order valence-electron chi connectivity index (χ3n) is 2.56. The van der Waals surface area contributed by atoms with Crippen LogP contribution in [0.25, 0.3) is 5.65 Å². The third-order valence-corrected chi connectivity index (χ3v) is 3.20. The molecular weight excluding hydrogens is 220 g/mol. The molecule has 1 atom stereocenters. The van der Waals surface area contributed by atoms with E-state index in [2.05, 4.69) is 16.5 Å². The summed E-state index contributed by atoms with van der Waals surface area (Å²) in [5, 5.41) is 8.30. The van der Waals surface area contributed by atoms with Crippen LogP contribution >= 0.6 is 11.8 Å². The van der Waals surface area contributed by atoms with Gasteiger partial charge in [-0.05, 0) is 43.0 Å². The van der Waals surface area contributed by atoms with Crippen LogP contribution in [0, 0.1) is 6.92 Å². The van der Waals surface area contributed by atoms with E-state index in [4.69, 9.17) is 5.73 Å². The molecule has 4 nitrogen and oxygen atoms in total. The first-order valence-corrected chi connectivity index (χ1v) is 6.67. The molecule has 0 bridgehead atoms. The van der Waals surface area contributed by atoms with Gasteiger partial charge in [0.1, 0.15) is 0 Å². The molecule has 0 spiro atoms. The molecule has 2 heterocycles. The topological polar surface area (TPSA) is 56.2 Å². The molecule has 0 aliphatic carbocycles. The van der Waals surface area contributed by atoms with E-state index in [1.54, 1.807) is 11.8 Å². The summed E-state index contributed by atoms with van der Waals surface area (Å²) in [6.07, 6.45) is 4.99. The number of hydrogen-bond acceptors (Lipinski definition) is 4. The van der Waals surface area contributed by atoms with Gasteiger partial charge in [-0.15, -0.1) is 10.2 Å². The Balaban J connectivity index is 2.31. The lowest BCUT2D eigenvalue weighted by molar-refractivity contribution is 0.646. The van der Waals surface area contributed by atoms with E-state index in [0.717, 1.165) is 23.6 Å². The summed E-state index contributed by atoms with van der Waals surface area (Å²) in [5.74, 6) is 1.89. The average molecular weight is 236 g/mol. The lowest BCUT2D eigenvalue weighted by Gasteiger charge is -2.08. The maximum atomic E-state index is 6.09. The van der Waals surface area contributed by atoms with Crippen LogP contribution in [0.2, 0.25) is 0 Å². The predicted octanol–water partition coefficient (Wildman–Crippen LogP) is 1.79. The molecule has 0 fully saturated rings. The van der Waals surface area contributed by atoms with Gasteiger partial charge in [0.15, 0.2) is 11.5 Å². The fourth-order valence-corrected chi connectivity index (χ4v) is 2.13. The smallest absolute Gasteiger partial charge is 0.161 e. The second-order valence-corrected chi connectivity index (χ2v) is 4.86. The highest BCUT2D eigenvalue weighted by atomic mass is 32.2. The quantitative estimate of drug-likeness (QED) is 0.879. The summed E-state index contributed by atoms with van der Waals surface area (Å²) in [4.78, 5) is 0. The largest absolute Gasteiger partial charge is 0.321 e. The van der Waals surface area contributed by atoms with Crippen molar-refractivity contribution in [2.45, 2.75) is 19.4 Å². The minimum absolute atomic E-state index is 0.0369. The van der Waals surface area contributed by atoms with Crippen molar-refractivity contribution >= 4 is 17.4 Å². The van der Waals surface area contributed by atoms with E-state index in [0.29, 0.717) is 0 Å². The van der Waals surface area contributed by atoms with Crippen molar-refractivity contribution in [2.75, 3.05) is 12.0 Å². The summed E-state index contributed by atoms with van der Waals surface area (Å²) in [5.41, 5.74) is 8.15. The number of aryl methyl sites for hydroxylation is 1. The predicted molar refractivity (Wildman–Crippen MR) is 67.7 cm³/mol. The lowest BCUT2D eigenvalue weighted by atomic mass is 10.2. The van der Waals surface area contributed by atoms with E-state index < -0.39 is 0 Å². The maximum Gasteiger partial charge on any atom is 0.161 e. The molecule has 5 heteroatoms. The third kappa shape index (κ3) is 2.20. The van der Waals surface area contributed by atoms with E-state index in [1.165, 1.54) is 5.56 Å². The van der Waals surface area contributed by atoms with Crippen molar-refractivity contribution < 1.29 is 0 Å². The molecule has 2 aromatic rings. The first-order valence-electron chi connectivity index (χ1n) is 5.28. The number of thioether (sulfide) groups is 1. The Morgan fingerprint density at radius 2 is 2.31 bits per heavy atom. The number of fused-ring (bicyclic) bond motifs is 1. The fraction of sp³-hybridized carbons (Fsp3) is 0.455. The summed E-state index contributed by atoms with van der Waals surface area (Å²) in [7, 11) is 0. The second-order valence-electron chi connectivity index (χ2n) is 3.88. The lowest BCUT2D eigenvalue weighted by Crippen LogP contribution is -2.14. The Labute approximate surface area is 99.2 Å². The van der Waals surface area contributed by atoms with Gasteiger partial charge in [0, 0.05) is 6.20 Å². The molecular formula is C11H16N4S. The Bertz CT molecular complexity index is 480. The summed E-state index contributed by atoms with van der Waals surface area (Å²) in [6, 6.07) is 4.02. The number of nitrogens with zero attached hydrogens (tertiary/aromatic N) is 3. The van der Waals surface area contributed by atoms with E-state index >= 15 is 0 Å². The van der Waals surface area contributed by atoms with Crippen LogP contribution in [-0.4, -0.2) is 26.6 Å². The molecule has 0 saturated heterocycles. The van der Waals surface area contributed by atoms with Crippen molar-refractivity contribution in [3.8, 4) is 0 Å². The Kier molecular flexibility index (Phi) is 3.46. The van der Waals surface area contributed by atoms with Crippen LogP contribution in [-0.2, 0) is 0 Å². The van der Waals surface area contributed by atoms with Gasteiger partial charge >= 0.3 is 0 Å². The number of nitrogens with two attached hydrogens (primary N) is 1. The van der Waals surface area contributed by atoms with E-state index in [1.807, 2.05) is 29.7 Å². The minimum Gasteiger partial charge on any atom is -0.321 e. The molecule has 16 heavy (non-hydrogen) atoms. The maximum absolute atomic E-state index is 6.09. The monoisotopic (exact) mass is 236 g/mol. The normalized spacial score (nSPS) is 13.2. The first kappa shape index (κ1) is 11.4. The highest BCUT2D eigenvalue weighted by Crippen LogP contribution is 2.15. The molecule has 0 saturated carbocycles. The van der Waals surface area contributed by atoms with Crippen molar-refractivity contribution in [3.05, 3.63) is 29.7 Å². The summed E-state index contributed by atoms with van der Waals surface area (Å²) in [6.45, 7) is 2.04. The van der Waals surface area contributed by atoms with Crippen molar-refractivity contribution in [3.63, 3.8) is 0 Å². The van der Waals surface area contributed by atoms with Gasteiger partial charge in [-0.1, -0.05) is 0 Å². The zero-order chi connectivity index (χ0) is 11.5. The van der Waals surface area contributed by atoms with Gasteiger partial charge in [0.05, 0.1) is 6.04 Å². The van der Waals surface area contributed by atoms with Gasteiger partial charge in [0.25, 0.3) is 0 Å². The zero-order valence-corrected chi connectivity index (χ0v) is 10.4. The second kappa shape index (κ2) is 4.84. The number of hydrogen-bond donors (Lipinski definition) is 1. The Morgan fingerprint density at radius 1 is 1.50 bits per heavy atom. The molecule has 86 valence electrons. The fourth-order valence-electron chi connectivity index (χ4n) is 1.64. The molecule has 0 aliphatic heterocycles. The zero-order valence-electron chi connectivity index (χ0n) is 9.55. The molecule has 2 aromatic heterocycles. The van der Waals surface area contributed by atoms with Crippen LogP contribution in [0.5, 0.6) is 0 Å². The van der Waals surface area contributed by atoms with Crippen molar-refractivity contribution in [1.29, 1.82) is 0 Å². The summed E-state index contributed by atoms with van der Waals surface area (Å²) < 4.78 is 1.97. The van der Waals surface area contributed by atoms with Gasteiger partial charge in [-0.3, -0.25) is 4.40 Å². The van der Waals surface area contributed by atoms with Gasteiger partial charge in [-0.25, -0.2) is 0 Å². The average Bonchev–Trinajstić information content (AvgIpc) is 2.68. The van der Waals surface area contributed by atoms with Gasteiger partial charge in [-0.2, -0.15) is 11.8 Å². The molecule has 2 rings (SSSR count). The Hall–Kier alpha value is -1.07. The molecule has 2 N–H and O–H groups in total. The van der Waals surface area contributed by atoms with Crippen LogP contribution in [0.15, 0.2) is 18.3 Å². The highest BCUT2D eigenvalue weighted by molar-refractivity contribution is 7.98. The van der Waals surface area contributed by atoms with E-state index in [9.17, 15) is 0 Å². The minimum atomic E-state index is -0.0369. The molecule has 0 aliphatic rings. The molecule has 1 unspecified atom stereocenters. The number of rotatable bonds is 4. The molecule has 0 amide bonds. The van der Waals surface area contributed by atoms with Crippen molar-refractivity contribution in [1.82, 2.24) is 14.6 Å². The van der Waals surface area contributed by atoms with Crippen molar-refractivity contribution in [2.24, 2.45) is 5.73 Å².